The maximum absolute atomic E-state index is 12.2. The number of nitrogens with one attached hydrogen (secondary N) is 1. The molecule has 166 valence electrons. The number of esters is 1. The van der Waals surface area contributed by atoms with Crippen molar-refractivity contribution in [3.8, 4) is 5.75 Å². The smallest absolute Gasteiger partial charge is 0.338 e. The Hall–Kier alpha value is -4.19. The van der Waals surface area contributed by atoms with Gasteiger partial charge in [0.1, 0.15) is 5.75 Å². The first-order valence-corrected chi connectivity index (χ1v) is 10.8. The van der Waals surface area contributed by atoms with Crippen molar-refractivity contribution in [1.29, 1.82) is 0 Å². The molecule has 1 N–H and O–H groups in total. The predicted octanol–water partition coefficient (Wildman–Crippen LogP) is 5.09. The van der Waals surface area contributed by atoms with E-state index in [2.05, 4.69) is 28.7 Å². The van der Waals surface area contributed by atoms with Crippen molar-refractivity contribution in [2.45, 2.75) is 13.3 Å². The Labute approximate surface area is 191 Å². The average Bonchev–Trinajstić information content (AvgIpc) is 2.86. The van der Waals surface area contributed by atoms with E-state index in [9.17, 15) is 9.59 Å². The SMILES string of the molecule is CCCOC(=O)c1ccc(OCC(=O)NN=Cc2c3ccccc3cc3ccccc23)cc1. The summed E-state index contributed by atoms with van der Waals surface area (Å²) in [6, 6.07) is 24.8. The third kappa shape index (κ3) is 5.36. The summed E-state index contributed by atoms with van der Waals surface area (Å²) < 4.78 is 10.6. The van der Waals surface area contributed by atoms with E-state index in [1.54, 1.807) is 30.5 Å². The lowest BCUT2D eigenvalue weighted by Crippen LogP contribution is -2.24. The van der Waals surface area contributed by atoms with Crippen molar-refractivity contribution in [2.75, 3.05) is 13.2 Å². The summed E-state index contributed by atoms with van der Waals surface area (Å²) in [4.78, 5) is 24.0. The van der Waals surface area contributed by atoms with Gasteiger partial charge in [-0.25, -0.2) is 10.2 Å². The van der Waals surface area contributed by atoms with Gasteiger partial charge in [0, 0.05) is 5.56 Å². The number of hydrogen-bond acceptors (Lipinski definition) is 5. The lowest BCUT2D eigenvalue weighted by molar-refractivity contribution is -0.123. The maximum atomic E-state index is 12.2. The number of carbonyl (C=O) groups is 2. The fourth-order valence-electron chi connectivity index (χ4n) is 3.50. The number of rotatable bonds is 8. The highest BCUT2D eigenvalue weighted by Gasteiger charge is 2.08. The fourth-order valence-corrected chi connectivity index (χ4v) is 3.50. The summed E-state index contributed by atoms with van der Waals surface area (Å²) in [6.45, 7) is 2.11. The molecular formula is C27H24N2O4. The van der Waals surface area contributed by atoms with Crippen LogP contribution in [-0.4, -0.2) is 31.3 Å². The van der Waals surface area contributed by atoms with Gasteiger partial charge >= 0.3 is 5.97 Å². The molecule has 6 nitrogen and oxygen atoms in total. The van der Waals surface area contributed by atoms with E-state index in [-0.39, 0.29) is 18.5 Å². The molecule has 33 heavy (non-hydrogen) atoms. The molecule has 0 unspecified atom stereocenters. The van der Waals surface area contributed by atoms with Gasteiger partial charge in [-0.2, -0.15) is 5.10 Å². The molecule has 0 saturated heterocycles. The fraction of sp³-hybridized carbons (Fsp3) is 0.148. The highest BCUT2D eigenvalue weighted by atomic mass is 16.5. The first kappa shape index (κ1) is 22.0. The quantitative estimate of drug-likeness (QED) is 0.179. The van der Waals surface area contributed by atoms with Gasteiger partial charge < -0.3 is 9.47 Å². The molecule has 0 radical (unpaired) electrons. The zero-order valence-electron chi connectivity index (χ0n) is 18.3. The molecule has 0 spiro atoms. The monoisotopic (exact) mass is 440 g/mol. The summed E-state index contributed by atoms with van der Waals surface area (Å²) in [5.74, 6) is -0.292. The van der Waals surface area contributed by atoms with Gasteiger partial charge in [0.25, 0.3) is 5.91 Å². The summed E-state index contributed by atoms with van der Waals surface area (Å²) in [7, 11) is 0. The van der Waals surface area contributed by atoms with Gasteiger partial charge in [-0.15, -0.1) is 0 Å². The molecule has 0 fully saturated rings. The number of fused-ring (bicyclic) bond motifs is 2. The summed E-state index contributed by atoms with van der Waals surface area (Å²) in [5.41, 5.74) is 3.89. The third-order valence-corrected chi connectivity index (χ3v) is 5.09. The van der Waals surface area contributed by atoms with Crippen LogP contribution in [0.4, 0.5) is 0 Å². The topological polar surface area (TPSA) is 77.0 Å². The molecule has 4 aromatic carbocycles. The first-order valence-electron chi connectivity index (χ1n) is 10.8. The van der Waals surface area contributed by atoms with E-state index >= 15 is 0 Å². The Morgan fingerprint density at radius 2 is 1.55 bits per heavy atom. The summed E-state index contributed by atoms with van der Waals surface area (Å²) >= 11 is 0. The molecule has 4 rings (SSSR count). The molecule has 0 bridgehead atoms. The lowest BCUT2D eigenvalue weighted by Gasteiger charge is -2.08. The van der Waals surface area contributed by atoms with Crippen LogP contribution in [0, 0.1) is 0 Å². The molecule has 0 atom stereocenters. The van der Waals surface area contributed by atoms with Crippen LogP contribution in [0.15, 0.2) is 84.0 Å². The van der Waals surface area contributed by atoms with E-state index in [1.165, 1.54) is 0 Å². The molecular weight excluding hydrogens is 416 g/mol. The molecule has 1 amide bonds. The minimum Gasteiger partial charge on any atom is -0.484 e. The highest BCUT2D eigenvalue weighted by molar-refractivity contribution is 6.13. The lowest BCUT2D eigenvalue weighted by atomic mass is 9.97. The van der Waals surface area contributed by atoms with E-state index < -0.39 is 0 Å². The molecule has 0 aliphatic rings. The summed E-state index contributed by atoms with van der Waals surface area (Å²) in [5, 5.41) is 8.48. The Balaban J connectivity index is 1.39. The number of carbonyl (C=O) groups excluding carboxylic acids is 2. The molecule has 0 aliphatic heterocycles. The van der Waals surface area contributed by atoms with Gasteiger partial charge in [-0.1, -0.05) is 55.5 Å². The zero-order chi connectivity index (χ0) is 23.0. The van der Waals surface area contributed by atoms with Crippen molar-refractivity contribution in [2.24, 2.45) is 5.10 Å². The molecule has 4 aromatic rings. The van der Waals surface area contributed by atoms with Gasteiger partial charge in [-0.3, -0.25) is 4.79 Å². The van der Waals surface area contributed by atoms with E-state index in [1.807, 2.05) is 43.3 Å². The van der Waals surface area contributed by atoms with Crippen LogP contribution in [-0.2, 0) is 9.53 Å². The Morgan fingerprint density at radius 3 is 2.18 bits per heavy atom. The van der Waals surface area contributed by atoms with Gasteiger partial charge in [0.15, 0.2) is 6.61 Å². The Morgan fingerprint density at radius 1 is 0.909 bits per heavy atom. The molecule has 6 heteroatoms. The maximum Gasteiger partial charge on any atom is 0.338 e. The van der Waals surface area contributed by atoms with Crippen LogP contribution in [0.5, 0.6) is 5.75 Å². The number of nitrogens with zero attached hydrogens (tertiary/aromatic N) is 1. The van der Waals surface area contributed by atoms with Crippen molar-refractivity contribution < 1.29 is 19.1 Å². The number of ether oxygens (including phenoxy) is 2. The molecule has 0 aliphatic carbocycles. The third-order valence-electron chi connectivity index (χ3n) is 5.09. The average molecular weight is 440 g/mol. The normalized spacial score (nSPS) is 11.1. The molecule has 0 saturated carbocycles. The standard InChI is InChI=1S/C27H24N2O4/c1-2-15-32-27(31)19-11-13-22(14-12-19)33-18-26(30)29-28-17-25-23-9-5-3-7-20(23)16-21-8-4-6-10-24(21)25/h3-14,16-17H,2,15,18H2,1H3,(H,29,30). The van der Waals surface area contributed by atoms with Crippen LogP contribution in [0.2, 0.25) is 0 Å². The van der Waals surface area contributed by atoms with E-state index in [0.717, 1.165) is 33.5 Å². The minimum atomic E-state index is -0.387. The van der Waals surface area contributed by atoms with Crippen LogP contribution in [0.1, 0.15) is 29.3 Å². The molecule has 0 aromatic heterocycles. The zero-order valence-corrected chi connectivity index (χ0v) is 18.3. The van der Waals surface area contributed by atoms with Crippen molar-refractivity contribution in [1.82, 2.24) is 5.43 Å². The second-order valence-electron chi connectivity index (χ2n) is 7.47. The van der Waals surface area contributed by atoms with Crippen LogP contribution in [0.25, 0.3) is 21.5 Å². The Kier molecular flexibility index (Phi) is 6.95. The number of amides is 1. The molecule has 0 heterocycles. The van der Waals surface area contributed by atoms with Crippen molar-refractivity contribution in [3.05, 3.63) is 90.0 Å². The Bertz CT molecular complexity index is 1260. The van der Waals surface area contributed by atoms with Crippen molar-refractivity contribution >= 4 is 39.6 Å². The number of hydrogen-bond donors (Lipinski definition) is 1. The predicted molar refractivity (Wildman–Crippen MR) is 130 cm³/mol. The number of benzene rings is 4. The van der Waals surface area contributed by atoms with Gasteiger partial charge in [-0.05, 0) is 58.3 Å². The van der Waals surface area contributed by atoms with E-state index in [0.29, 0.717) is 17.9 Å². The van der Waals surface area contributed by atoms with Gasteiger partial charge in [0.05, 0.1) is 18.4 Å². The van der Waals surface area contributed by atoms with Gasteiger partial charge in [0.2, 0.25) is 0 Å². The van der Waals surface area contributed by atoms with Crippen LogP contribution in [0.3, 0.4) is 0 Å². The van der Waals surface area contributed by atoms with Crippen molar-refractivity contribution in [3.63, 3.8) is 0 Å². The van der Waals surface area contributed by atoms with Crippen LogP contribution < -0.4 is 10.2 Å². The minimum absolute atomic E-state index is 0.201. The highest BCUT2D eigenvalue weighted by Crippen LogP contribution is 2.27. The number of hydrazone groups is 1. The van der Waals surface area contributed by atoms with Crippen LogP contribution >= 0.6 is 0 Å². The first-order chi connectivity index (χ1) is 16.2. The summed E-state index contributed by atoms with van der Waals surface area (Å²) in [6.07, 6.45) is 2.43. The second kappa shape index (κ2) is 10.4. The van der Waals surface area contributed by atoms with E-state index in [4.69, 9.17) is 9.47 Å². The second-order valence-corrected chi connectivity index (χ2v) is 7.47. The largest absolute Gasteiger partial charge is 0.484 e.